The number of halogens is 1. The second-order valence-corrected chi connectivity index (χ2v) is 5.71. The monoisotopic (exact) mass is 270 g/mol. The van der Waals surface area contributed by atoms with Crippen LogP contribution in [0.4, 0.5) is 0 Å². The Morgan fingerprint density at radius 2 is 1.88 bits per heavy atom. The van der Waals surface area contributed by atoms with Crippen molar-refractivity contribution in [2.75, 3.05) is 12.3 Å². The summed E-state index contributed by atoms with van der Waals surface area (Å²) in [6.45, 7) is 7.71. The molecule has 0 aliphatic rings. The fraction of sp³-hybridized carbons (Fsp3) is 0.800. The molecule has 0 aliphatic carbocycles. The van der Waals surface area contributed by atoms with Crippen LogP contribution >= 0.6 is 12.4 Å². The van der Waals surface area contributed by atoms with Crippen molar-refractivity contribution < 1.29 is 8.42 Å². The van der Waals surface area contributed by atoms with Gasteiger partial charge < -0.3 is 5.73 Å². The largest absolute Gasteiger partial charge is 0.324 e. The molecule has 0 atom stereocenters. The summed E-state index contributed by atoms with van der Waals surface area (Å²) in [5.41, 5.74) is 5.56. The van der Waals surface area contributed by atoms with E-state index in [1.165, 1.54) is 0 Å². The normalized spacial score (nSPS) is 11.9. The smallest absolute Gasteiger partial charge is 0.211 e. The minimum atomic E-state index is -3.20. The number of hydrogen-bond donors (Lipinski definition) is 2. The summed E-state index contributed by atoms with van der Waals surface area (Å²) in [6, 6.07) is 0. The van der Waals surface area contributed by atoms with E-state index in [0.29, 0.717) is 13.0 Å². The standard InChI is InChI=1S/C10H22N2O2S.ClH/c1-4-7-8-15(13,14)12-9-10(11,5-2)6-3;/h4,12H,1,5-9,11H2,2-3H3;1H. The van der Waals surface area contributed by atoms with Gasteiger partial charge in [-0.25, -0.2) is 13.1 Å². The van der Waals surface area contributed by atoms with Crippen LogP contribution in [-0.4, -0.2) is 26.3 Å². The molecule has 0 aromatic rings. The molecule has 3 N–H and O–H groups in total. The Hall–Kier alpha value is -0.100. The van der Waals surface area contributed by atoms with Gasteiger partial charge in [-0.2, -0.15) is 0 Å². The van der Waals surface area contributed by atoms with E-state index in [1.54, 1.807) is 6.08 Å². The third-order valence-corrected chi connectivity index (χ3v) is 4.00. The Morgan fingerprint density at radius 3 is 2.25 bits per heavy atom. The topological polar surface area (TPSA) is 72.2 Å². The lowest BCUT2D eigenvalue weighted by Crippen LogP contribution is -2.49. The molecule has 0 saturated heterocycles. The SMILES string of the molecule is C=CCCS(=O)(=O)NCC(N)(CC)CC.Cl. The average Bonchev–Trinajstić information content (AvgIpc) is 2.23. The van der Waals surface area contributed by atoms with Crippen molar-refractivity contribution in [3.8, 4) is 0 Å². The quantitative estimate of drug-likeness (QED) is 0.655. The number of sulfonamides is 1. The highest BCUT2D eigenvalue weighted by Gasteiger charge is 2.22. The van der Waals surface area contributed by atoms with E-state index < -0.39 is 15.6 Å². The van der Waals surface area contributed by atoms with Gasteiger partial charge in [-0.3, -0.25) is 0 Å². The molecule has 6 heteroatoms. The van der Waals surface area contributed by atoms with Crippen molar-refractivity contribution in [3.63, 3.8) is 0 Å². The number of nitrogens with one attached hydrogen (secondary N) is 1. The fourth-order valence-electron chi connectivity index (χ4n) is 1.06. The van der Waals surface area contributed by atoms with Gasteiger partial charge in [-0.05, 0) is 19.3 Å². The summed E-state index contributed by atoms with van der Waals surface area (Å²) < 4.78 is 25.4. The van der Waals surface area contributed by atoms with Crippen LogP contribution < -0.4 is 10.5 Å². The van der Waals surface area contributed by atoms with Gasteiger partial charge in [0.05, 0.1) is 5.75 Å². The van der Waals surface area contributed by atoms with Crippen LogP contribution in [0.1, 0.15) is 33.1 Å². The van der Waals surface area contributed by atoms with Crippen LogP contribution in [0.25, 0.3) is 0 Å². The molecule has 16 heavy (non-hydrogen) atoms. The van der Waals surface area contributed by atoms with Crippen molar-refractivity contribution in [1.29, 1.82) is 0 Å². The molecule has 0 heterocycles. The van der Waals surface area contributed by atoms with Gasteiger partial charge in [-0.15, -0.1) is 19.0 Å². The molecule has 0 amide bonds. The summed E-state index contributed by atoms with van der Waals surface area (Å²) in [6.07, 6.45) is 3.57. The summed E-state index contributed by atoms with van der Waals surface area (Å²) in [4.78, 5) is 0. The zero-order valence-corrected chi connectivity index (χ0v) is 11.7. The second kappa shape index (κ2) is 8.06. The van der Waals surface area contributed by atoms with Gasteiger partial charge in [0.2, 0.25) is 10.0 Å². The molecule has 0 unspecified atom stereocenters. The van der Waals surface area contributed by atoms with Crippen molar-refractivity contribution in [3.05, 3.63) is 12.7 Å². The minimum absolute atomic E-state index is 0. The fourth-order valence-corrected chi connectivity index (χ4v) is 2.19. The maximum atomic E-state index is 11.5. The predicted molar refractivity (Wildman–Crippen MR) is 71.4 cm³/mol. The lowest BCUT2D eigenvalue weighted by atomic mass is 9.95. The average molecular weight is 271 g/mol. The van der Waals surface area contributed by atoms with Crippen LogP contribution in [0.15, 0.2) is 12.7 Å². The Bertz CT molecular complexity index is 287. The summed E-state index contributed by atoms with van der Waals surface area (Å²) in [5, 5.41) is 0. The van der Waals surface area contributed by atoms with Gasteiger partial charge in [-0.1, -0.05) is 19.9 Å². The molecule has 4 nitrogen and oxygen atoms in total. The number of rotatable bonds is 8. The lowest BCUT2D eigenvalue weighted by molar-refractivity contribution is 0.392. The highest BCUT2D eigenvalue weighted by molar-refractivity contribution is 7.89. The summed E-state index contributed by atoms with van der Waals surface area (Å²) in [5.74, 6) is 0.0833. The van der Waals surface area contributed by atoms with E-state index in [-0.39, 0.29) is 18.2 Å². The molecular weight excluding hydrogens is 248 g/mol. The predicted octanol–water partition coefficient (Wildman–Crippen LogP) is 1.42. The molecular formula is C10H23ClN2O2S. The Kier molecular flexibility index (Phi) is 9.20. The number of hydrogen-bond acceptors (Lipinski definition) is 3. The molecule has 0 saturated carbocycles. The van der Waals surface area contributed by atoms with E-state index in [0.717, 1.165) is 12.8 Å². The first-order valence-corrected chi connectivity index (χ1v) is 6.91. The maximum absolute atomic E-state index is 11.5. The summed E-state index contributed by atoms with van der Waals surface area (Å²) >= 11 is 0. The first-order chi connectivity index (χ1) is 6.89. The highest BCUT2D eigenvalue weighted by atomic mass is 35.5. The Balaban J connectivity index is 0. The Labute approximate surface area is 105 Å². The lowest BCUT2D eigenvalue weighted by Gasteiger charge is -2.26. The highest BCUT2D eigenvalue weighted by Crippen LogP contribution is 2.09. The minimum Gasteiger partial charge on any atom is -0.324 e. The van der Waals surface area contributed by atoms with Gasteiger partial charge in [0.25, 0.3) is 0 Å². The van der Waals surface area contributed by atoms with Gasteiger partial charge in [0.1, 0.15) is 0 Å². The van der Waals surface area contributed by atoms with Crippen molar-refractivity contribution in [1.82, 2.24) is 4.72 Å². The van der Waals surface area contributed by atoms with Gasteiger partial charge in [0.15, 0.2) is 0 Å². The molecule has 98 valence electrons. The van der Waals surface area contributed by atoms with E-state index in [9.17, 15) is 8.42 Å². The Morgan fingerprint density at radius 1 is 1.38 bits per heavy atom. The number of allylic oxidation sites excluding steroid dienone is 1. The van der Waals surface area contributed by atoms with Crippen molar-refractivity contribution in [2.45, 2.75) is 38.6 Å². The van der Waals surface area contributed by atoms with E-state index in [4.69, 9.17) is 5.73 Å². The molecule has 0 rings (SSSR count). The molecule has 0 fully saturated rings. The molecule has 0 aliphatic heterocycles. The van der Waals surface area contributed by atoms with Crippen LogP contribution in [0, 0.1) is 0 Å². The van der Waals surface area contributed by atoms with Gasteiger partial charge >= 0.3 is 0 Å². The van der Waals surface area contributed by atoms with Crippen LogP contribution in [0.2, 0.25) is 0 Å². The van der Waals surface area contributed by atoms with Gasteiger partial charge in [0, 0.05) is 12.1 Å². The molecule has 0 aromatic heterocycles. The zero-order chi connectivity index (χ0) is 11.9. The third-order valence-electron chi connectivity index (χ3n) is 2.64. The first-order valence-electron chi connectivity index (χ1n) is 5.26. The second-order valence-electron chi connectivity index (χ2n) is 3.79. The molecule has 0 spiro atoms. The van der Waals surface area contributed by atoms with Crippen molar-refractivity contribution in [2.24, 2.45) is 5.73 Å². The first kappa shape index (κ1) is 18.3. The molecule has 0 aromatic carbocycles. The van der Waals surface area contributed by atoms with E-state index in [2.05, 4.69) is 11.3 Å². The van der Waals surface area contributed by atoms with Crippen LogP contribution in [0.5, 0.6) is 0 Å². The van der Waals surface area contributed by atoms with Crippen LogP contribution in [0.3, 0.4) is 0 Å². The zero-order valence-electron chi connectivity index (χ0n) is 10.0. The number of nitrogens with two attached hydrogens (primary N) is 1. The van der Waals surface area contributed by atoms with E-state index in [1.807, 2.05) is 13.8 Å². The third kappa shape index (κ3) is 7.22. The van der Waals surface area contributed by atoms with Crippen molar-refractivity contribution >= 4 is 22.4 Å². The molecule has 0 bridgehead atoms. The van der Waals surface area contributed by atoms with Crippen LogP contribution in [-0.2, 0) is 10.0 Å². The summed E-state index contributed by atoms with van der Waals surface area (Å²) in [7, 11) is -3.20. The maximum Gasteiger partial charge on any atom is 0.211 e. The molecule has 0 radical (unpaired) electrons. The van der Waals surface area contributed by atoms with E-state index >= 15 is 0 Å².